The molecule has 2 saturated carbocycles. The van der Waals surface area contributed by atoms with Crippen LogP contribution in [-0.4, -0.2) is 124 Å². The van der Waals surface area contributed by atoms with Crippen LogP contribution in [0.5, 0.6) is 0 Å². The quantitative estimate of drug-likeness (QED) is 0.158. The normalized spacial score (nSPS) is 32.7. The Hall–Kier alpha value is -4.84. The van der Waals surface area contributed by atoms with Crippen molar-refractivity contribution in [1.82, 2.24) is 5.32 Å². The zero-order valence-corrected chi connectivity index (χ0v) is 35.9. The molecule has 3 aliphatic carbocycles. The van der Waals surface area contributed by atoms with Crippen molar-refractivity contribution in [3.8, 4) is 0 Å². The summed E-state index contributed by atoms with van der Waals surface area (Å²) in [6.07, 6.45) is -11.6. The summed E-state index contributed by atoms with van der Waals surface area (Å²) in [6, 6.07) is 6.41. The minimum absolute atomic E-state index is 0.0526. The molecule has 4 aliphatic rings. The Morgan fingerprint density at radius 3 is 2.17 bits per heavy atom. The summed E-state index contributed by atoms with van der Waals surface area (Å²) >= 11 is 0. The largest absolute Gasteiger partial charge is 0.509 e. The maximum Gasteiger partial charge on any atom is 0.509 e. The van der Waals surface area contributed by atoms with Crippen LogP contribution in [0.1, 0.15) is 92.4 Å². The van der Waals surface area contributed by atoms with E-state index in [-0.39, 0.29) is 29.7 Å². The van der Waals surface area contributed by atoms with E-state index in [0.29, 0.717) is 5.57 Å². The van der Waals surface area contributed by atoms with Crippen molar-refractivity contribution in [3.63, 3.8) is 0 Å². The number of hydrogen-bond donors (Lipinski definition) is 4. The highest BCUT2D eigenvalue weighted by molar-refractivity contribution is 5.95. The van der Waals surface area contributed by atoms with E-state index in [9.17, 15) is 39.3 Å². The number of rotatable bonds is 9. The Morgan fingerprint density at radius 1 is 1.00 bits per heavy atom. The summed E-state index contributed by atoms with van der Waals surface area (Å²) in [5.74, 6) is -5.54. The van der Waals surface area contributed by atoms with E-state index in [1.165, 1.54) is 45.9 Å². The number of ketones is 1. The lowest BCUT2D eigenvalue weighted by molar-refractivity contribution is -0.346. The number of carbonyl (C=O) groups is 6. The number of hydrogen-bond acceptors (Lipinski definition) is 16. The molecule has 1 heterocycles. The fourth-order valence-corrected chi connectivity index (χ4v) is 9.37. The maximum atomic E-state index is 15.5. The molecule has 0 spiro atoms. The number of Topliss-reactive ketones (excluding diaryl/α,β-unsaturated/α-hetero) is 1. The minimum Gasteiger partial charge on any atom is -0.456 e. The molecule has 3 fully saturated rings. The number of allylic oxidation sites excluding steroid dienone is 1. The average Bonchev–Trinajstić information content (AvgIpc) is 3.14. The van der Waals surface area contributed by atoms with Gasteiger partial charge in [-0.1, -0.05) is 43.7 Å². The van der Waals surface area contributed by atoms with E-state index in [1.54, 1.807) is 52.8 Å². The number of amides is 1. The van der Waals surface area contributed by atoms with E-state index in [0.717, 1.165) is 14.0 Å². The molecule has 1 aliphatic heterocycles. The molecule has 1 aromatic carbocycles. The van der Waals surface area contributed by atoms with Crippen molar-refractivity contribution in [2.24, 2.45) is 16.7 Å². The monoisotopic (exact) mass is 843 g/mol. The lowest BCUT2D eigenvalue weighted by Crippen LogP contribution is -2.82. The number of carbonyl (C=O) groups excluding carboxylic acids is 6. The first-order valence-corrected chi connectivity index (χ1v) is 19.8. The van der Waals surface area contributed by atoms with Gasteiger partial charge in [-0.2, -0.15) is 0 Å². The average molecular weight is 844 g/mol. The fraction of sp³-hybridized carbons (Fsp3) is 0.628. The molecule has 0 radical (unpaired) electrons. The number of esters is 3. The molecule has 1 aromatic rings. The maximum absolute atomic E-state index is 15.5. The molecule has 5 rings (SSSR count). The van der Waals surface area contributed by atoms with Gasteiger partial charge in [-0.3, -0.25) is 9.59 Å². The lowest BCUT2D eigenvalue weighted by Gasteiger charge is -2.67. The van der Waals surface area contributed by atoms with Gasteiger partial charge >= 0.3 is 30.2 Å². The van der Waals surface area contributed by atoms with Crippen LogP contribution in [0.4, 0.5) is 9.59 Å². The van der Waals surface area contributed by atoms with Gasteiger partial charge in [0.15, 0.2) is 23.6 Å². The lowest BCUT2D eigenvalue weighted by atomic mass is 9.44. The van der Waals surface area contributed by atoms with Crippen molar-refractivity contribution in [2.75, 3.05) is 13.7 Å². The van der Waals surface area contributed by atoms with E-state index < -0.39 is 119 Å². The van der Waals surface area contributed by atoms with Crippen molar-refractivity contribution in [1.29, 1.82) is 0 Å². The van der Waals surface area contributed by atoms with Gasteiger partial charge in [0.25, 0.3) is 0 Å². The van der Waals surface area contributed by atoms with Crippen LogP contribution >= 0.6 is 0 Å². The molecule has 17 nitrogen and oxygen atoms in total. The van der Waals surface area contributed by atoms with Crippen LogP contribution in [0.3, 0.4) is 0 Å². The van der Waals surface area contributed by atoms with E-state index in [4.69, 9.17) is 33.2 Å². The van der Waals surface area contributed by atoms with Gasteiger partial charge in [0, 0.05) is 25.2 Å². The number of aliphatic hydroxyl groups is 3. The van der Waals surface area contributed by atoms with E-state index in [1.807, 2.05) is 0 Å². The standard InChI is InChI=1S/C43H57NO16/c1-21(2)17-25(44-37(51)60-39(5,6)7)30(47)36(50)56-26-19-43(53)34(58-35(49)24-15-13-12-14-16-24)32-41(10,27(46)18-28-42(32,20-55-28)59-23(4)45)33(48)31(57-38(52)54-11)29(22(26)3)40(43,8)9/h12-17,25-28,30-32,34,46-47,53H,18-20H2,1-11H3,(H,44,51)/t25-,26-,27-,28+,30+,31+,32?,34-,41+,42-,43+/m0/s1. The first kappa shape index (κ1) is 46.2. The van der Waals surface area contributed by atoms with Gasteiger partial charge in [0.05, 0.1) is 42.8 Å². The van der Waals surface area contributed by atoms with Gasteiger partial charge in [-0.05, 0) is 71.7 Å². The molecule has 1 unspecified atom stereocenters. The molecule has 4 N–H and O–H groups in total. The second-order valence-corrected chi connectivity index (χ2v) is 18.0. The molecule has 2 bridgehead atoms. The zero-order chi connectivity index (χ0) is 44.9. The number of aliphatic hydroxyl groups excluding tert-OH is 2. The van der Waals surface area contributed by atoms with Crippen LogP contribution in [-0.2, 0) is 47.5 Å². The Labute approximate surface area is 348 Å². The summed E-state index contributed by atoms with van der Waals surface area (Å²) in [7, 11) is 1.02. The van der Waals surface area contributed by atoms with Crippen molar-refractivity contribution in [2.45, 2.75) is 142 Å². The van der Waals surface area contributed by atoms with Gasteiger partial charge in [0.1, 0.15) is 29.5 Å². The number of alkyl carbamates (subject to hydrolysis) is 1. The van der Waals surface area contributed by atoms with Crippen LogP contribution in [0, 0.1) is 16.7 Å². The first-order valence-electron chi connectivity index (χ1n) is 19.8. The summed E-state index contributed by atoms with van der Waals surface area (Å²) in [5, 5.41) is 39.5. The third kappa shape index (κ3) is 8.16. The highest BCUT2D eigenvalue weighted by atomic mass is 16.7. The molecule has 330 valence electrons. The summed E-state index contributed by atoms with van der Waals surface area (Å²) in [4.78, 5) is 82.5. The molecular weight excluding hydrogens is 786 g/mol. The molecule has 17 heteroatoms. The molecule has 1 amide bonds. The number of benzene rings is 1. The van der Waals surface area contributed by atoms with E-state index in [2.05, 4.69) is 5.32 Å². The van der Waals surface area contributed by atoms with E-state index >= 15 is 4.79 Å². The fourth-order valence-electron chi connectivity index (χ4n) is 9.37. The van der Waals surface area contributed by atoms with Crippen molar-refractivity contribution >= 4 is 35.9 Å². The van der Waals surface area contributed by atoms with Gasteiger partial charge in [-0.15, -0.1) is 0 Å². The number of ether oxygens (including phenoxy) is 7. The smallest absolute Gasteiger partial charge is 0.456 e. The number of nitrogens with one attached hydrogen (secondary N) is 1. The first-order chi connectivity index (χ1) is 27.7. The minimum atomic E-state index is -2.43. The van der Waals surface area contributed by atoms with Crippen LogP contribution in [0.15, 0.2) is 53.1 Å². The molecule has 11 atom stereocenters. The third-order valence-electron chi connectivity index (χ3n) is 12.3. The van der Waals surface area contributed by atoms with Gasteiger partial charge in [0.2, 0.25) is 0 Å². The van der Waals surface area contributed by atoms with Crippen molar-refractivity contribution < 1.29 is 77.2 Å². The van der Waals surface area contributed by atoms with Gasteiger partial charge < -0.3 is 53.8 Å². The predicted molar refractivity (Wildman–Crippen MR) is 209 cm³/mol. The Morgan fingerprint density at radius 2 is 1.63 bits per heavy atom. The Bertz CT molecular complexity index is 1950. The van der Waals surface area contributed by atoms with Crippen molar-refractivity contribution in [3.05, 3.63) is 58.7 Å². The second kappa shape index (κ2) is 16.6. The molecular formula is C43H57NO16. The SMILES string of the molecule is COC(=O)O[C@H]1C(=O)[C@@]2(C)C([C@H](OC(=O)c3ccccc3)[C@]3(O)C[C@H](OC(=O)[C@H](O)[C@H](C=C(C)C)NC(=O)OC(C)(C)C)C(C)=C1C3(C)C)[C@]1(OC(C)=O)CO[C@@H]1C[C@@H]2O. The Kier molecular flexibility index (Phi) is 12.8. The zero-order valence-electron chi connectivity index (χ0n) is 35.9. The second-order valence-electron chi connectivity index (χ2n) is 18.0. The number of methoxy groups -OCH3 is 1. The molecule has 1 saturated heterocycles. The third-order valence-corrected chi connectivity index (χ3v) is 12.3. The topological polar surface area (TPSA) is 240 Å². The highest BCUT2D eigenvalue weighted by Gasteiger charge is 2.78. The Balaban J connectivity index is 1.74. The van der Waals surface area contributed by atoms with Crippen LogP contribution in [0.2, 0.25) is 0 Å². The molecule has 0 aromatic heterocycles. The van der Waals surface area contributed by atoms with Crippen LogP contribution < -0.4 is 5.32 Å². The highest BCUT2D eigenvalue weighted by Crippen LogP contribution is 2.64. The van der Waals surface area contributed by atoms with Crippen LogP contribution in [0.25, 0.3) is 0 Å². The van der Waals surface area contributed by atoms with Gasteiger partial charge in [-0.25, -0.2) is 19.2 Å². The molecule has 60 heavy (non-hydrogen) atoms. The summed E-state index contributed by atoms with van der Waals surface area (Å²) < 4.78 is 40.1. The summed E-state index contributed by atoms with van der Waals surface area (Å²) in [6.45, 7) is 14.9. The predicted octanol–water partition coefficient (Wildman–Crippen LogP) is 3.64. The summed E-state index contributed by atoms with van der Waals surface area (Å²) in [5.41, 5.74) is -8.26. The number of fused-ring (bicyclic) bond motifs is 5.